The second-order valence-electron chi connectivity index (χ2n) is 5.46. The van der Waals surface area contributed by atoms with Gasteiger partial charge >= 0.3 is 0 Å². The third kappa shape index (κ3) is 4.04. The van der Waals surface area contributed by atoms with E-state index in [0.717, 1.165) is 24.0 Å². The van der Waals surface area contributed by atoms with E-state index in [9.17, 15) is 13.2 Å². The van der Waals surface area contributed by atoms with Gasteiger partial charge in [-0.15, -0.1) is 0 Å². The van der Waals surface area contributed by atoms with Crippen LogP contribution in [0.3, 0.4) is 0 Å². The summed E-state index contributed by atoms with van der Waals surface area (Å²) in [6.07, 6.45) is 0.638. The van der Waals surface area contributed by atoms with Crippen molar-refractivity contribution in [3.63, 3.8) is 0 Å². The van der Waals surface area contributed by atoms with E-state index in [1.807, 2.05) is 32.0 Å². The topological polar surface area (TPSA) is 72.5 Å². The number of carbonyl (C=O) groups is 1. The first kappa shape index (κ1) is 16.0. The van der Waals surface area contributed by atoms with Gasteiger partial charge in [0.05, 0.1) is 12.4 Å². The second kappa shape index (κ2) is 6.58. The predicted octanol–water partition coefficient (Wildman–Crippen LogP) is 1.79. The maximum absolute atomic E-state index is 12.2. The van der Waals surface area contributed by atoms with Crippen LogP contribution >= 0.6 is 0 Å². The molecule has 6 heteroatoms. The molecule has 0 fully saturated rings. The molecule has 5 nitrogen and oxygen atoms in total. The van der Waals surface area contributed by atoms with Crippen LogP contribution in [0.1, 0.15) is 37.5 Å². The van der Waals surface area contributed by atoms with E-state index in [2.05, 4.69) is 4.72 Å². The van der Waals surface area contributed by atoms with E-state index in [1.165, 1.54) is 0 Å². The lowest BCUT2D eigenvalue weighted by Crippen LogP contribution is -2.39. The number of benzene rings is 1. The molecule has 1 N–H and O–H groups in total. The van der Waals surface area contributed by atoms with Crippen molar-refractivity contribution in [1.82, 2.24) is 4.72 Å². The minimum Gasteiger partial charge on any atom is -0.363 e. The number of carbonyl (C=O) groups excluding carboxylic acids is 1. The average molecular weight is 311 g/mol. The molecule has 0 unspecified atom stereocenters. The molecule has 0 radical (unpaired) electrons. The molecule has 0 aliphatic carbocycles. The summed E-state index contributed by atoms with van der Waals surface area (Å²) < 4.78 is 31.6. The Labute approximate surface area is 125 Å². The smallest absolute Gasteiger partial charge is 0.267 e. The number of ether oxygens (including phenoxy) is 1. The Balaban J connectivity index is 2.12. The highest BCUT2D eigenvalue weighted by Crippen LogP contribution is 2.27. The Kier molecular flexibility index (Phi) is 5.00. The molecule has 0 aromatic heterocycles. The summed E-state index contributed by atoms with van der Waals surface area (Å²) in [5.74, 6) is -0.649. The number of hydrogen-bond acceptors (Lipinski definition) is 4. The third-order valence-electron chi connectivity index (χ3n) is 3.69. The van der Waals surface area contributed by atoms with Gasteiger partial charge < -0.3 is 4.74 Å². The van der Waals surface area contributed by atoms with E-state index in [-0.39, 0.29) is 11.7 Å². The van der Waals surface area contributed by atoms with Crippen LogP contribution < -0.4 is 4.72 Å². The van der Waals surface area contributed by atoms with Gasteiger partial charge in [-0.05, 0) is 23.5 Å². The molecule has 1 amide bonds. The zero-order valence-corrected chi connectivity index (χ0v) is 13.2. The van der Waals surface area contributed by atoms with E-state index < -0.39 is 22.0 Å². The third-order valence-corrected chi connectivity index (χ3v) is 5.21. The monoisotopic (exact) mass is 311 g/mol. The van der Waals surface area contributed by atoms with Crippen LogP contribution in [0.2, 0.25) is 0 Å². The Morgan fingerprint density at radius 1 is 1.43 bits per heavy atom. The maximum Gasteiger partial charge on any atom is 0.267 e. The number of rotatable bonds is 5. The van der Waals surface area contributed by atoms with Crippen LogP contribution in [0.5, 0.6) is 0 Å². The number of hydrogen-bond donors (Lipinski definition) is 1. The SMILES string of the molecule is CC[C@@H](C)CS(=O)(=O)NC(=O)[C@@H]1OCCc2ccccc21. The molecule has 0 bridgehead atoms. The van der Waals surface area contributed by atoms with Crippen LogP contribution in [-0.2, 0) is 26.0 Å². The normalized spacial score (nSPS) is 19.6. The number of sulfonamides is 1. The fraction of sp³-hybridized carbons (Fsp3) is 0.533. The van der Waals surface area contributed by atoms with Gasteiger partial charge in [-0.25, -0.2) is 8.42 Å². The van der Waals surface area contributed by atoms with Crippen LogP contribution in [0.4, 0.5) is 0 Å². The lowest BCUT2D eigenvalue weighted by molar-refractivity contribution is -0.132. The van der Waals surface area contributed by atoms with Crippen molar-refractivity contribution in [2.24, 2.45) is 5.92 Å². The van der Waals surface area contributed by atoms with E-state index in [4.69, 9.17) is 4.74 Å². The van der Waals surface area contributed by atoms with Gasteiger partial charge in [0.2, 0.25) is 10.0 Å². The summed E-state index contributed by atoms with van der Waals surface area (Å²) >= 11 is 0. The molecule has 1 aromatic rings. The first-order chi connectivity index (χ1) is 9.93. The first-order valence-corrected chi connectivity index (χ1v) is 8.82. The molecule has 2 rings (SSSR count). The zero-order chi connectivity index (χ0) is 15.5. The highest BCUT2D eigenvalue weighted by atomic mass is 32.2. The van der Waals surface area contributed by atoms with Gasteiger partial charge in [-0.1, -0.05) is 44.5 Å². The fourth-order valence-corrected chi connectivity index (χ4v) is 3.83. The van der Waals surface area contributed by atoms with Gasteiger partial charge in [-0.2, -0.15) is 0 Å². The molecule has 116 valence electrons. The predicted molar refractivity (Wildman–Crippen MR) is 80.2 cm³/mol. The molecular weight excluding hydrogens is 290 g/mol. The highest BCUT2D eigenvalue weighted by Gasteiger charge is 2.30. The van der Waals surface area contributed by atoms with Crippen LogP contribution in [-0.4, -0.2) is 26.7 Å². The first-order valence-electron chi connectivity index (χ1n) is 7.16. The molecule has 0 saturated carbocycles. The standard InChI is InChI=1S/C15H21NO4S/c1-3-11(2)10-21(18,19)16-15(17)14-13-7-5-4-6-12(13)8-9-20-14/h4-7,11,14H,3,8-10H2,1-2H3,(H,16,17)/t11-,14-/m1/s1. The molecule has 21 heavy (non-hydrogen) atoms. The Bertz CT molecular complexity index is 612. The Morgan fingerprint density at radius 3 is 2.86 bits per heavy atom. The largest absolute Gasteiger partial charge is 0.363 e. The van der Waals surface area contributed by atoms with Crippen molar-refractivity contribution in [1.29, 1.82) is 0 Å². The summed E-state index contributed by atoms with van der Waals surface area (Å²) in [5.41, 5.74) is 1.78. The van der Waals surface area contributed by atoms with Crippen molar-refractivity contribution in [3.05, 3.63) is 35.4 Å². The van der Waals surface area contributed by atoms with E-state index >= 15 is 0 Å². The Hall–Kier alpha value is -1.40. The summed E-state index contributed by atoms with van der Waals surface area (Å²) in [4.78, 5) is 12.2. The molecule has 2 atom stereocenters. The van der Waals surface area contributed by atoms with Crippen molar-refractivity contribution in [3.8, 4) is 0 Å². The number of amides is 1. The molecule has 0 saturated heterocycles. The van der Waals surface area contributed by atoms with Crippen molar-refractivity contribution in [2.45, 2.75) is 32.8 Å². The average Bonchev–Trinajstić information content (AvgIpc) is 2.45. The highest BCUT2D eigenvalue weighted by molar-refractivity contribution is 7.90. The quantitative estimate of drug-likeness (QED) is 0.900. The van der Waals surface area contributed by atoms with Crippen LogP contribution in [0.15, 0.2) is 24.3 Å². The summed E-state index contributed by atoms with van der Waals surface area (Å²) in [6.45, 7) is 4.18. The fourth-order valence-electron chi connectivity index (χ4n) is 2.35. The van der Waals surface area contributed by atoms with Crippen molar-refractivity contribution < 1.29 is 17.9 Å². The lowest BCUT2D eigenvalue weighted by Gasteiger charge is -2.25. The van der Waals surface area contributed by atoms with Gasteiger partial charge in [0.15, 0.2) is 6.10 Å². The molecule has 1 heterocycles. The molecule has 0 spiro atoms. The summed E-state index contributed by atoms with van der Waals surface area (Å²) in [5, 5.41) is 0. The molecule has 1 aliphatic rings. The summed E-state index contributed by atoms with van der Waals surface area (Å²) in [7, 11) is -3.62. The van der Waals surface area contributed by atoms with Crippen molar-refractivity contribution in [2.75, 3.05) is 12.4 Å². The van der Waals surface area contributed by atoms with E-state index in [1.54, 1.807) is 6.07 Å². The van der Waals surface area contributed by atoms with Gasteiger partial charge in [-0.3, -0.25) is 9.52 Å². The van der Waals surface area contributed by atoms with Gasteiger partial charge in [0, 0.05) is 0 Å². The van der Waals surface area contributed by atoms with Crippen LogP contribution in [0, 0.1) is 5.92 Å². The van der Waals surface area contributed by atoms with Gasteiger partial charge in [0.25, 0.3) is 5.91 Å². The molecule has 1 aliphatic heterocycles. The Morgan fingerprint density at radius 2 is 2.14 bits per heavy atom. The van der Waals surface area contributed by atoms with E-state index in [0.29, 0.717) is 6.61 Å². The zero-order valence-electron chi connectivity index (χ0n) is 12.3. The second-order valence-corrected chi connectivity index (χ2v) is 7.23. The summed E-state index contributed by atoms with van der Waals surface area (Å²) in [6, 6.07) is 7.46. The molecular formula is C15H21NO4S. The molecule has 1 aromatic carbocycles. The van der Waals surface area contributed by atoms with Crippen LogP contribution in [0.25, 0.3) is 0 Å². The minimum atomic E-state index is -3.62. The van der Waals surface area contributed by atoms with Gasteiger partial charge in [0.1, 0.15) is 0 Å². The minimum absolute atomic E-state index is 0.00913. The lowest BCUT2D eigenvalue weighted by atomic mass is 9.97. The maximum atomic E-state index is 12.2. The number of nitrogens with one attached hydrogen (secondary N) is 1. The van der Waals surface area contributed by atoms with Crippen molar-refractivity contribution >= 4 is 15.9 Å². The number of fused-ring (bicyclic) bond motifs is 1.